The smallest absolute Gasteiger partial charge is 0.195 e. The molecule has 1 saturated carbocycles. The highest BCUT2D eigenvalue weighted by atomic mass is 16.1. The van der Waals surface area contributed by atoms with E-state index in [1.54, 1.807) is 42.5 Å². The molecule has 0 amide bonds. The molecule has 0 aliphatic heterocycles. The molecular formula is C21H11O2. The van der Waals surface area contributed by atoms with E-state index < -0.39 is 0 Å². The minimum absolute atomic E-state index is 0.118. The van der Waals surface area contributed by atoms with Crippen molar-refractivity contribution in [2.45, 2.75) is 0 Å². The van der Waals surface area contributed by atoms with Gasteiger partial charge < -0.3 is 0 Å². The quantitative estimate of drug-likeness (QED) is 0.597. The van der Waals surface area contributed by atoms with Crippen molar-refractivity contribution in [2.24, 2.45) is 0 Å². The Labute approximate surface area is 135 Å². The third kappa shape index (κ3) is 2.29. The zero-order chi connectivity index (χ0) is 15.8. The summed E-state index contributed by atoms with van der Waals surface area (Å²) in [5, 5.41) is 0. The van der Waals surface area contributed by atoms with Gasteiger partial charge in [-0.3, -0.25) is 9.59 Å². The third-order valence-corrected chi connectivity index (χ3v) is 3.96. The number of benzene rings is 2. The summed E-state index contributed by atoms with van der Waals surface area (Å²) in [6.45, 7) is 0. The monoisotopic (exact) mass is 295 g/mol. The lowest BCUT2D eigenvalue weighted by Gasteiger charge is -2.18. The molecule has 2 aromatic carbocycles. The van der Waals surface area contributed by atoms with Crippen molar-refractivity contribution in [1.82, 2.24) is 0 Å². The van der Waals surface area contributed by atoms with E-state index in [4.69, 9.17) is 0 Å². The molecule has 2 heteroatoms. The zero-order valence-corrected chi connectivity index (χ0v) is 12.2. The molecule has 1 fully saturated rings. The van der Waals surface area contributed by atoms with Crippen LogP contribution in [0.25, 0.3) is 0 Å². The van der Waals surface area contributed by atoms with Crippen LogP contribution in [0.2, 0.25) is 0 Å². The maximum Gasteiger partial charge on any atom is 0.195 e. The van der Waals surface area contributed by atoms with Crippen molar-refractivity contribution >= 4 is 11.6 Å². The number of hydrogen-bond acceptors (Lipinski definition) is 2. The average Bonchev–Trinajstić information content (AvgIpc) is 3.11. The van der Waals surface area contributed by atoms with E-state index in [-0.39, 0.29) is 11.6 Å². The van der Waals surface area contributed by atoms with Gasteiger partial charge in [-0.15, -0.1) is 0 Å². The Morgan fingerprint density at radius 1 is 0.652 bits per heavy atom. The molecule has 2 aromatic rings. The van der Waals surface area contributed by atoms with E-state index >= 15 is 0 Å². The molecule has 0 unspecified atom stereocenters. The molecule has 0 bridgehead atoms. The Morgan fingerprint density at radius 3 is 2.04 bits per heavy atom. The predicted octanol–water partition coefficient (Wildman–Crippen LogP) is 3.22. The number of carbonyl (C=O) groups excluding carboxylic acids is 2. The number of ketones is 2. The van der Waals surface area contributed by atoms with Gasteiger partial charge >= 0.3 is 0 Å². The number of carbonyl (C=O) groups is 2. The molecule has 0 spiro atoms. The summed E-state index contributed by atoms with van der Waals surface area (Å²) >= 11 is 0. The summed E-state index contributed by atoms with van der Waals surface area (Å²) in [5.74, 6) is 6.70. The van der Waals surface area contributed by atoms with E-state index in [0.29, 0.717) is 27.8 Å². The molecule has 0 atom stereocenters. The molecule has 0 aromatic heterocycles. The molecule has 5 radical (unpaired) electrons. The Balaban J connectivity index is 1.83. The lowest BCUT2D eigenvalue weighted by molar-refractivity contribution is 0.0979. The van der Waals surface area contributed by atoms with E-state index in [1.807, 2.05) is 25.7 Å². The van der Waals surface area contributed by atoms with Gasteiger partial charge in [-0.1, -0.05) is 48.2 Å². The van der Waals surface area contributed by atoms with Gasteiger partial charge in [-0.05, 0) is 31.7 Å². The number of rotatable bonds is 0. The average molecular weight is 295 g/mol. The van der Waals surface area contributed by atoms with Crippen LogP contribution in [0.3, 0.4) is 0 Å². The van der Waals surface area contributed by atoms with Gasteiger partial charge in [0.2, 0.25) is 0 Å². The Kier molecular flexibility index (Phi) is 3.35. The van der Waals surface area contributed by atoms with Crippen LogP contribution in [0.1, 0.15) is 37.4 Å². The second kappa shape index (κ2) is 5.52. The van der Waals surface area contributed by atoms with Gasteiger partial charge in [0, 0.05) is 27.8 Å². The fourth-order valence-corrected chi connectivity index (χ4v) is 2.85. The summed E-state index contributed by atoms with van der Waals surface area (Å²) in [4.78, 5) is 25.5. The van der Waals surface area contributed by atoms with Crippen LogP contribution in [-0.4, -0.2) is 11.6 Å². The second-order valence-corrected chi connectivity index (χ2v) is 5.36. The molecule has 0 heterocycles. The van der Waals surface area contributed by atoms with Crippen LogP contribution in [0.15, 0.2) is 42.5 Å². The molecule has 2 aliphatic rings. The van der Waals surface area contributed by atoms with Gasteiger partial charge in [0.25, 0.3) is 0 Å². The molecule has 0 N–H and O–H groups in total. The minimum Gasteiger partial charge on any atom is -0.289 e. The normalized spacial score (nSPS) is 16.5. The first-order valence-electron chi connectivity index (χ1n) is 7.31. The van der Waals surface area contributed by atoms with Crippen molar-refractivity contribution in [3.05, 3.63) is 102 Å². The minimum atomic E-state index is -0.136. The van der Waals surface area contributed by atoms with E-state index in [2.05, 4.69) is 11.8 Å². The van der Waals surface area contributed by atoms with E-state index in [9.17, 15) is 9.59 Å². The fraction of sp³-hybridized carbons (Fsp3) is 0. The van der Waals surface area contributed by atoms with Gasteiger partial charge in [-0.25, -0.2) is 0 Å². The van der Waals surface area contributed by atoms with Crippen molar-refractivity contribution < 1.29 is 9.59 Å². The van der Waals surface area contributed by atoms with Crippen molar-refractivity contribution in [2.75, 3.05) is 0 Å². The van der Waals surface area contributed by atoms with Crippen LogP contribution in [-0.2, 0) is 0 Å². The van der Waals surface area contributed by atoms with E-state index in [1.165, 1.54) is 0 Å². The highest BCUT2D eigenvalue weighted by Gasteiger charge is 2.30. The van der Waals surface area contributed by atoms with Crippen LogP contribution in [0.4, 0.5) is 0 Å². The molecule has 107 valence electrons. The summed E-state index contributed by atoms with van der Waals surface area (Å²) in [6, 6.07) is 12.2. The fourth-order valence-electron chi connectivity index (χ4n) is 2.85. The lowest BCUT2D eigenvalue weighted by atomic mass is 9.82. The maximum atomic E-state index is 12.8. The Bertz CT molecular complexity index is 874. The van der Waals surface area contributed by atoms with Crippen LogP contribution in [0.5, 0.6) is 0 Å². The first-order chi connectivity index (χ1) is 11.3. The second-order valence-electron chi connectivity index (χ2n) is 5.36. The van der Waals surface area contributed by atoms with Gasteiger partial charge in [0.05, 0.1) is 5.92 Å². The summed E-state index contributed by atoms with van der Waals surface area (Å²) < 4.78 is 0. The standard InChI is InChI=1S/C21H11O2/c22-20-16-9-3-4-10-17(16)21(23)19-15(8-5-11-18(19)20)13-12-14-6-1-2-7-14/h1-11H. The van der Waals surface area contributed by atoms with Crippen LogP contribution >= 0.6 is 0 Å². The van der Waals surface area contributed by atoms with E-state index in [0.717, 1.165) is 5.92 Å². The summed E-state index contributed by atoms with van der Waals surface area (Å²) in [7, 11) is 0. The molecule has 4 rings (SSSR count). The summed E-state index contributed by atoms with van der Waals surface area (Å²) in [6.07, 6.45) is 7.64. The highest BCUT2D eigenvalue weighted by Crippen LogP contribution is 2.29. The molecular weight excluding hydrogens is 284 g/mol. The lowest BCUT2D eigenvalue weighted by Crippen LogP contribution is -2.21. The molecule has 2 nitrogen and oxygen atoms in total. The van der Waals surface area contributed by atoms with Crippen LogP contribution < -0.4 is 0 Å². The van der Waals surface area contributed by atoms with Gasteiger partial charge in [0.1, 0.15) is 0 Å². The van der Waals surface area contributed by atoms with Gasteiger partial charge in [0.15, 0.2) is 11.6 Å². The first kappa shape index (κ1) is 14.0. The summed E-state index contributed by atoms with van der Waals surface area (Å²) in [5.41, 5.74) is 2.36. The van der Waals surface area contributed by atoms with Crippen molar-refractivity contribution in [3.8, 4) is 11.8 Å². The largest absolute Gasteiger partial charge is 0.289 e. The van der Waals surface area contributed by atoms with Crippen LogP contribution in [0, 0.1) is 43.4 Å². The highest BCUT2D eigenvalue weighted by molar-refractivity contribution is 6.29. The molecule has 23 heavy (non-hydrogen) atoms. The topological polar surface area (TPSA) is 34.1 Å². The number of fused-ring (bicyclic) bond motifs is 2. The van der Waals surface area contributed by atoms with Gasteiger partial charge in [-0.2, -0.15) is 0 Å². The Morgan fingerprint density at radius 2 is 1.30 bits per heavy atom. The number of hydrogen-bond donors (Lipinski definition) is 0. The Hall–Kier alpha value is -2.66. The van der Waals surface area contributed by atoms with Crippen molar-refractivity contribution in [1.29, 1.82) is 0 Å². The van der Waals surface area contributed by atoms with Crippen molar-refractivity contribution in [3.63, 3.8) is 0 Å². The molecule has 2 aliphatic carbocycles. The predicted molar refractivity (Wildman–Crippen MR) is 87.1 cm³/mol. The first-order valence-corrected chi connectivity index (χ1v) is 7.31. The zero-order valence-electron chi connectivity index (χ0n) is 12.2. The molecule has 0 saturated heterocycles. The third-order valence-electron chi connectivity index (χ3n) is 3.96. The SMILES string of the molecule is O=C1c2ccccc2C(=O)c2c(C#C[C]3[CH][CH][CH][CH]3)cccc21. The maximum absolute atomic E-state index is 12.8.